The highest BCUT2D eigenvalue weighted by Crippen LogP contribution is 1.94. The Kier molecular flexibility index (Phi) is 8.09. The fraction of sp³-hybridized carbons (Fsp3) is 0.909. The molecule has 0 unspecified atom stereocenters. The fourth-order valence-electron chi connectivity index (χ4n) is 1.22. The molecule has 4 nitrogen and oxygen atoms in total. The number of hydrogen-bond donors (Lipinski definition) is 0. The first-order valence-corrected chi connectivity index (χ1v) is 5.75. The van der Waals surface area contributed by atoms with Crippen LogP contribution in [0.5, 0.6) is 0 Å². The molecule has 0 bridgehead atoms. The molecule has 0 aliphatic rings. The van der Waals surface area contributed by atoms with Crippen LogP contribution >= 0.6 is 0 Å². The number of carbonyl (C=O) groups excluding carboxylic acids is 1. The molecule has 1 amide bonds. The van der Waals surface area contributed by atoms with Crippen LogP contribution in [-0.4, -0.2) is 55.7 Å². The number of ether oxygens (including phenoxy) is 1. The Morgan fingerprint density at radius 3 is 2.20 bits per heavy atom. The van der Waals surface area contributed by atoms with Crippen LogP contribution in [0.25, 0.3) is 0 Å². The van der Waals surface area contributed by atoms with Gasteiger partial charge in [-0.1, -0.05) is 20.8 Å². The average molecular weight is 216 g/mol. The molecular weight excluding hydrogens is 192 g/mol. The van der Waals surface area contributed by atoms with Gasteiger partial charge in [0.1, 0.15) is 0 Å². The van der Waals surface area contributed by atoms with Gasteiger partial charge in [0.15, 0.2) is 0 Å². The van der Waals surface area contributed by atoms with Crippen LogP contribution in [-0.2, 0) is 4.74 Å². The van der Waals surface area contributed by atoms with Crippen molar-refractivity contribution in [2.45, 2.75) is 27.2 Å². The van der Waals surface area contributed by atoms with Crippen LogP contribution in [0.1, 0.15) is 27.2 Å². The van der Waals surface area contributed by atoms with Gasteiger partial charge in [-0.3, -0.25) is 0 Å². The van der Waals surface area contributed by atoms with Crippen molar-refractivity contribution in [3.8, 4) is 0 Å². The van der Waals surface area contributed by atoms with Gasteiger partial charge in [0.05, 0.1) is 6.61 Å². The van der Waals surface area contributed by atoms with Gasteiger partial charge in [0.25, 0.3) is 0 Å². The zero-order chi connectivity index (χ0) is 11.7. The Morgan fingerprint density at radius 1 is 1.13 bits per heavy atom. The minimum Gasteiger partial charge on any atom is -0.449 e. The lowest BCUT2D eigenvalue weighted by atomic mass is 10.4. The van der Waals surface area contributed by atoms with E-state index in [1.54, 1.807) is 11.9 Å². The minimum atomic E-state index is -0.219. The Labute approximate surface area is 93.2 Å². The maximum absolute atomic E-state index is 11.4. The Bertz CT molecular complexity index is 170. The summed E-state index contributed by atoms with van der Waals surface area (Å²) in [4.78, 5) is 15.3. The van der Waals surface area contributed by atoms with Crippen molar-refractivity contribution in [3.05, 3.63) is 0 Å². The quantitative estimate of drug-likeness (QED) is 0.650. The number of likely N-dealkylation sites (N-methyl/N-ethyl adjacent to an activating group) is 2. The second-order valence-electron chi connectivity index (χ2n) is 3.56. The summed E-state index contributed by atoms with van der Waals surface area (Å²) in [6, 6.07) is 0. The monoisotopic (exact) mass is 216 g/mol. The van der Waals surface area contributed by atoms with Crippen molar-refractivity contribution in [1.82, 2.24) is 9.80 Å². The molecule has 0 aromatic heterocycles. The molecule has 0 aromatic rings. The van der Waals surface area contributed by atoms with Gasteiger partial charge >= 0.3 is 6.09 Å². The van der Waals surface area contributed by atoms with Crippen molar-refractivity contribution >= 4 is 6.09 Å². The van der Waals surface area contributed by atoms with Crippen LogP contribution in [0.4, 0.5) is 4.79 Å². The molecule has 0 radical (unpaired) electrons. The van der Waals surface area contributed by atoms with E-state index in [9.17, 15) is 4.79 Å². The van der Waals surface area contributed by atoms with E-state index in [1.807, 2.05) is 6.92 Å². The molecule has 0 aliphatic heterocycles. The van der Waals surface area contributed by atoms with Crippen LogP contribution in [0.15, 0.2) is 0 Å². The number of hydrogen-bond acceptors (Lipinski definition) is 3. The molecule has 0 saturated carbocycles. The predicted octanol–water partition coefficient (Wildman–Crippen LogP) is 1.81. The molecule has 0 rings (SSSR count). The van der Waals surface area contributed by atoms with Crippen molar-refractivity contribution in [3.63, 3.8) is 0 Å². The maximum Gasteiger partial charge on any atom is 0.409 e. The second kappa shape index (κ2) is 8.53. The van der Waals surface area contributed by atoms with Crippen molar-refractivity contribution in [2.75, 3.05) is 39.8 Å². The SMILES string of the molecule is CCCOC(=O)N(C)CCN(CC)CC. The van der Waals surface area contributed by atoms with E-state index in [-0.39, 0.29) is 6.09 Å². The van der Waals surface area contributed by atoms with Gasteiger partial charge in [-0.15, -0.1) is 0 Å². The van der Waals surface area contributed by atoms with Crippen LogP contribution in [0.2, 0.25) is 0 Å². The molecule has 0 aliphatic carbocycles. The van der Waals surface area contributed by atoms with Crippen molar-refractivity contribution in [1.29, 1.82) is 0 Å². The first-order chi connectivity index (χ1) is 7.15. The average Bonchev–Trinajstić information content (AvgIpc) is 2.26. The van der Waals surface area contributed by atoms with E-state index in [0.29, 0.717) is 6.61 Å². The summed E-state index contributed by atoms with van der Waals surface area (Å²) in [5, 5.41) is 0. The molecular formula is C11H24N2O2. The second-order valence-corrected chi connectivity index (χ2v) is 3.56. The van der Waals surface area contributed by atoms with Gasteiger partial charge in [-0.25, -0.2) is 4.79 Å². The highest BCUT2D eigenvalue weighted by Gasteiger charge is 2.10. The van der Waals surface area contributed by atoms with Crippen molar-refractivity contribution in [2.24, 2.45) is 0 Å². The largest absolute Gasteiger partial charge is 0.449 e. The van der Waals surface area contributed by atoms with Gasteiger partial charge in [-0.05, 0) is 19.5 Å². The summed E-state index contributed by atoms with van der Waals surface area (Å²) in [5.74, 6) is 0. The number of amides is 1. The molecule has 0 aromatic carbocycles. The highest BCUT2D eigenvalue weighted by molar-refractivity contribution is 5.67. The third kappa shape index (κ3) is 6.33. The normalized spacial score (nSPS) is 10.5. The standard InChI is InChI=1S/C11H24N2O2/c1-5-10-15-11(14)12(4)8-9-13(6-2)7-3/h5-10H2,1-4H3. The zero-order valence-corrected chi connectivity index (χ0v) is 10.5. The van der Waals surface area contributed by atoms with Crippen LogP contribution in [0, 0.1) is 0 Å². The van der Waals surface area contributed by atoms with E-state index >= 15 is 0 Å². The Balaban J connectivity index is 3.71. The Morgan fingerprint density at radius 2 is 1.73 bits per heavy atom. The molecule has 4 heteroatoms. The first kappa shape index (κ1) is 14.2. The summed E-state index contributed by atoms with van der Waals surface area (Å²) >= 11 is 0. The smallest absolute Gasteiger partial charge is 0.409 e. The van der Waals surface area contributed by atoms with E-state index in [1.165, 1.54) is 0 Å². The highest BCUT2D eigenvalue weighted by atomic mass is 16.6. The minimum absolute atomic E-state index is 0.219. The van der Waals surface area contributed by atoms with Gasteiger partial charge in [-0.2, -0.15) is 0 Å². The molecule has 0 fully saturated rings. The van der Waals surface area contributed by atoms with E-state index in [0.717, 1.165) is 32.6 Å². The predicted molar refractivity (Wildman–Crippen MR) is 62.1 cm³/mol. The zero-order valence-electron chi connectivity index (χ0n) is 10.5. The van der Waals surface area contributed by atoms with Gasteiger partial charge in [0, 0.05) is 20.1 Å². The molecule has 15 heavy (non-hydrogen) atoms. The summed E-state index contributed by atoms with van der Waals surface area (Å²) in [6.07, 6.45) is 0.652. The van der Waals surface area contributed by atoms with E-state index in [4.69, 9.17) is 4.74 Å². The number of carbonyl (C=O) groups is 1. The van der Waals surface area contributed by atoms with Crippen molar-refractivity contribution < 1.29 is 9.53 Å². The summed E-state index contributed by atoms with van der Waals surface area (Å²) in [5.41, 5.74) is 0. The number of nitrogens with zero attached hydrogens (tertiary/aromatic N) is 2. The molecule has 0 saturated heterocycles. The lowest BCUT2D eigenvalue weighted by Crippen LogP contribution is -2.36. The Hall–Kier alpha value is -0.770. The van der Waals surface area contributed by atoms with Crippen LogP contribution < -0.4 is 0 Å². The molecule has 0 spiro atoms. The van der Waals surface area contributed by atoms with Gasteiger partial charge in [0.2, 0.25) is 0 Å². The third-order valence-electron chi connectivity index (χ3n) is 2.39. The van der Waals surface area contributed by atoms with Crippen LogP contribution in [0.3, 0.4) is 0 Å². The topological polar surface area (TPSA) is 32.8 Å². The molecule has 0 heterocycles. The summed E-state index contributed by atoms with van der Waals surface area (Å²) in [6.45, 7) is 10.4. The first-order valence-electron chi connectivity index (χ1n) is 5.75. The maximum atomic E-state index is 11.4. The molecule has 0 atom stereocenters. The van der Waals surface area contributed by atoms with Gasteiger partial charge < -0.3 is 14.5 Å². The molecule has 90 valence electrons. The fourth-order valence-corrected chi connectivity index (χ4v) is 1.22. The molecule has 0 N–H and O–H groups in total. The lowest BCUT2D eigenvalue weighted by molar-refractivity contribution is 0.107. The third-order valence-corrected chi connectivity index (χ3v) is 2.39. The number of rotatable bonds is 7. The summed E-state index contributed by atoms with van der Waals surface area (Å²) in [7, 11) is 1.78. The lowest BCUT2D eigenvalue weighted by Gasteiger charge is -2.22. The van der Waals surface area contributed by atoms with E-state index in [2.05, 4.69) is 18.7 Å². The summed E-state index contributed by atoms with van der Waals surface area (Å²) < 4.78 is 5.02. The van der Waals surface area contributed by atoms with E-state index < -0.39 is 0 Å².